The highest BCUT2D eigenvalue weighted by atomic mass is 31.2. The standard InChI is InChI=1S/C87H148O17P2/c1-5-9-13-17-21-25-29-33-37-39-40-42-45-48-52-56-60-64-68-72-85(90)98-78-83(104-87(92)74-70-66-62-58-54-50-46-41-38-34-30-26-22-18-14-10-6-2)80-102-106(95,96)100-76-81(88)75-99-105(93,94)101-79-82(103-86(91)73-69-65-61-57-53-49-44-36-32-28-24-20-16-12-8-4)77-97-84(89)71-67-63-59-55-51-47-43-35-31-27-23-19-15-11-7-3/h9-11,13-15,21-23,25-27,33-35,37-38,40,42-43,48,52,81-83,88H,5-8,12,16-20,24,28-32,36,39,41,44-47,49-51,53-80H2,1-4H3,(H,93,94)(H,95,96)/b13-9-,14-10-,15-11-,25-21-,26-22-,27-23-,37-33-,38-34-,42-40-,43-35-,52-48-. The van der Waals surface area contributed by atoms with Crippen LogP contribution in [0.25, 0.3) is 0 Å². The Kier molecular flexibility index (Phi) is 74.8. The molecule has 608 valence electrons. The number of aliphatic hydroxyl groups is 1. The Morgan fingerprint density at radius 1 is 0.274 bits per heavy atom. The molecule has 106 heavy (non-hydrogen) atoms. The Morgan fingerprint density at radius 2 is 0.491 bits per heavy atom. The van der Waals surface area contributed by atoms with Gasteiger partial charge in [0, 0.05) is 25.7 Å². The highest BCUT2D eigenvalue weighted by molar-refractivity contribution is 7.47. The Hall–Kier alpha value is -4.80. The first-order chi connectivity index (χ1) is 51.7. The molecule has 0 aliphatic heterocycles. The van der Waals surface area contributed by atoms with Crippen molar-refractivity contribution >= 4 is 39.5 Å². The fraction of sp³-hybridized carbons (Fsp3) is 0.701. The van der Waals surface area contributed by atoms with Crippen LogP contribution in [0.1, 0.15) is 336 Å². The molecular weight excluding hydrogens is 1380 g/mol. The SMILES string of the molecule is CC/C=C\C/C=C\C/C=C\C/C=C\C/C=C\CCCCCC(=O)OCC(COP(=O)(O)OCC(O)COP(=O)(O)OCC(COC(=O)CCCCCCC/C=C\C/C=C\C/C=C\CC)OC(=O)CCCCCCCCCCCCCCCCC)OC(=O)CCCCCCCCC/C=C\C/C=C\C/C=C\CC. The first kappa shape index (κ1) is 101. The molecule has 0 aromatic heterocycles. The number of phosphoric acid groups is 2. The van der Waals surface area contributed by atoms with Crippen LogP contribution in [0.15, 0.2) is 134 Å². The van der Waals surface area contributed by atoms with E-state index in [4.69, 9.17) is 37.0 Å². The zero-order valence-corrected chi connectivity index (χ0v) is 68.4. The minimum absolute atomic E-state index is 0.0729. The van der Waals surface area contributed by atoms with Crippen LogP contribution in [0.4, 0.5) is 0 Å². The van der Waals surface area contributed by atoms with Gasteiger partial charge in [0.05, 0.1) is 26.4 Å². The molecule has 0 aromatic carbocycles. The van der Waals surface area contributed by atoms with Crippen LogP contribution in [0, 0.1) is 0 Å². The molecule has 0 heterocycles. The number of rotatable bonds is 77. The van der Waals surface area contributed by atoms with Crippen LogP contribution in [0.5, 0.6) is 0 Å². The molecule has 0 saturated carbocycles. The molecule has 5 atom stereocenters. The van der Waals surface area contributed by atoms with E-state index in [0.717, 1.165) is 193 Å². The van der Waals surface area contributed by atoms with Gasteiger partial charge in [0.15, 0.2) is 12.2 Å². The van der Waals surface area contributed by atoms with Gasteiger partial charge in [-0.3, -0.25) is 37.3 Å². The lowest BCUT2D eigenvalue weighted by Crippen LogP contribution is -2.30. The maximum atomic E-state index is 13.1. The van der Waals surface area contributed by atoms with Gasteiger partial charge < -0.3 is 33.8 Å². The van der Waals surface area contributed by atoms with E-state index in [2.05, 4.69) is 161 Å². The average molecular weight is 1530 g/mol. The number of allylic oxidation sites excluding steroid dienone is 22. The van der Waals surface area contributed by atoms with Crippen LogP contribution in [0.3, 0.4) is 0 Å². The summed E-state index contributed by atoms with van der Waals surface area (Å²) >= 11 is 0. The van der Waals surface area contributed by atoms with Gasteiger partial charge in [0.25, 0.3) is 0 Å². The van der Waals surface area contributed by atoms with Crippen molar-refractivity contribution in [2.24, 2.45) is 0 Å². The number of aliphatic hydroxyl groups excluding tert-OH is 1. The highest BCUT2D eigenvalue weighted by Crippen LogP contribution is 2.45. The minimum Gasteiger partial charge on any atom is -0.462 e. The van der Waals surface area contributed by atoms with E-state index in [1.807, 2.05) is 0 Å². The summed E-state index contributed by atoms with van der Waals surface area (Å²) in [5, 5.41) is 10.7. The van der Waals surface area contributed by atoms with Crippen molar-refractivity contribution in [3.05, 3.63) is 134 Å². The lowest BCUT2D eigenvalue weighted by atomic mass is 10.0. The van der Waals surface area contributed by atoms with Crippen LogP contribution in [-0.4, -0.2) is 96.7 Å². The Balaban J connectivity index is 5.41. The summed E-state index contributed by atoms with van der Waals surface area (Å²) < 4.78 is 68.7. The first-order valence-electron chi connectivity index (χ1n) is 41.4. The molecule has 0 radical (unpaired) electrons. The van der Waals surface area contributed by atoms with E-state index < -0.39 is 97.5 Å². The van der Waals surface area contributed by atoms with Crippen molar-refractivity contribution < 1.29 is 80.2 Å². The average Bonchev–Trinajstić information content (AvgIpc) is 0.902. The maximum Gasteiger partial charge on any atom is 0.472 e. The fourth-order valence-electron chi connectivity index (χ4n) is 10.9. The molecule has 19 heteroatoms. The number of carbonyl (C=O) groups is 4. The summed E-state index contributed by atoms with van der Waals surface area (Å²) in [7, 11) is -9.98. The third kappa shape index (κ3) is 77.4. The summed E-state index contributed by atoms with van der Waals surface area (Å²) in [6, 6.07) is 0. The van der Waals surface area contributed by atoms with Crippen LogP contribution < -0.4 is 0 Å². The molecule has 5 unspecified atom stereocenters. The summed E-state index contributed by atoms with van der Waals surface area (Å²) in [5.74, 6) is -2.23. The first-order valence-corrected chi connectivity index (χ1v) is 44.4. The van der Waals surface area contributed by atoms with Gasteiger partial charge in [-0.05, 0) is 135 Å². The number of unbranched alkanes of at least 4 members (excludes halogenated alkanes) is 29. The molecule has 0 aliphatic carbocycles. The van der Waals surface area contributed by atoms with Crippen molar-refractivity contribution in [1.82, 2.24) is 0 Å². The minimum atomic E-state index is -4.99. The van der Waals surface area contributed by atoms with E-state index in [9.17, 15) is 43.2 Å². The van der Waals surface area contributed by atoms with Gasteiger partial charge >= 0.3 is 39.5 Å². The number of esters is 4. The summed E-state index contributed by atoms with van der Waals surface area (Å²) in [6.07, 6.45) is 88.4. The van der Waals surface area contributed by atoms with Crippen molar-refractivity contribution in [1.29, 1.82) is 0 Å². The van der Waals surface area contributed by atoms with E-state index in [0.29, 0.717) is 25.7 Å². The molecule has 0 aliphatic rings. The largest absolute Gasteiger partial charge is 0.472 e. The second-order valence-electron chi connectivity index (χ2n) is 27.3. The third-order valence-electron chi connectivity index (χ3n) is 17.1. The zero-order valence-electron chi connectivity index (χ0n) is 66.6. The predicted molar refractivity (Wildman–Crippen MR) is 436 cm³/mol. The normalized spacial score (nSPS) is 14.5. The quantitative estimate of drug-likeness (QED) is 0.0169. The summed E-state index contributed by atoms with van der Waals surface area (Å²) in [4.78, 5) is 73.2. The topological polar surface area (TPSA) is 237 Å². The lowest BCUT2D eigenvalue weighted by molar-refractivity contribution is -0.161. The number of hydrogen-bond acceptors (Lipinski definition) is 15. The molecule has 0 spiro atoms. The molecule has 3 N–H and O–H groups in total. The summed E-state index contributed by atoms with van der Waals surface area (Å²) in [6.45, 7) is 4.51. The van der Waals surface area contributed by atoms with Crippen molar-refractivity contribution in [3.8, 4) is 0 Å². The van der Waals surface area contributed by atoms with Crippen LogP contribution in [0.2, 0.25) is 0 Å². The van der Waals surface area contributed by atoms with Gasteiger partial charge in [-0.15, -0.1) is 0 Å². The second kappa shape index (κ2) is 78.3. The second-order valence-corrected chi connectivity index (χ2v) is 30.2. The fourth-order valence-corrected chi connectivity index (χ4v) is 12.5. The van der Waals surface area contributed by atoms with Crippen LogP contribution in [-0.2, 0) is 65.4 Å². The number of carbonyl (C=O) groups excluding carboxylic acids is 4. The molecule has 0 bridgehead atoms. The van der Waals surface area contributed by atoms with Gasteiger partial charge in [0.2, 0.25) is 0 Å². The molecule has 0 saturated heterocycles. The smallest absolute Gasteiger partial charge is 0.462 e. The zero-order chi connectivity index (χ0) is 77.4. The van der Waals surface area contributed by atoms with Gasteiger partial charge in [-0.2, -0.15) is 0 Å². The van der Waals surface area contributed by atoms with Gasteiger partial charge in [-0.25, -0.2) is 9.13 Å². The summed E-state index contributed by atoms with van der Waals surface area (Å²) in [5.41, 5.74) is 0. The van der Waals surface area contributed by atoms with E-state index in [1.165, 1.54) is 64.2 Å². The van der Waals surface area contributed by atoms with Crippen LogP contribution >= 0.6 is 15.6 Å². The molecule has 0 rings (SSSR count). The molecular formula is C87H148O17P2. The van der Waals surface area contributed by atoms with E-state index in [1.54, 1.807) is 0 Å². The number of phosphoric ester groups is 2. The Bertz CT molecular complexity index is 2530. The van der Waals surface area contributed by atoms with Gasteiger partial charge in [0.1, 0.15) is 19.3 Å². The predicted octanol–water partition coefficient (Wildman–Crippen LogP) is 24.4. The van der Waals surface area contributed by atoms with Crippen molar-refractivity contribution in [2.45, 2.75) is 354 Å². The lowest BCUT2D eigenvalue weighted by Gasteiger charge is -2.21. The molecule has 0 amide bonds. The van der Waals surface area contributed by atoms with Crippen molar-refractivity contribution in [3.63, 3.8) is 0 Å². The van der Waals surface area contributed by atoms with Gasteiger partial charge in [-0.1, -0.05) is 309 Å². The molecule has 0 aromatic rings. The number of ether oxygens (including phenoxy) is 4. The monoisotopic (exact) mass is 1530 g/mol. The Labute approximate surface area is 644 Å². The van der Waals surface area contributed by atoms with Crippen molar-refractivity contribution in [2.75, 3.05) is 39.6 Å². The molecule has 17 nitrogen and oxygen atoms in total. The number of hydrogen-bond donors (Lipinski definition) is 3. The maximum absolute atomic E-state index is 13.1. The Morgan fingerprint density at radius 3 is 0.764 bits per heavy atom. The third-order valence-corrected chi connectivity index (χ3v) is 19.0. The van der Waals surface area contributed by atoms with E-state index >= 15 is 0 Å². The highest BCUT2D eigenvalue weighted by Gasteiger charge is 2.30. The van der Waals surface area contributed by atoms with E-state index in [-0.39, 0.29) is 25.7 Å². The molecule has 0 fully saturated rings.